The molecule has 29 heavy (non-hydrogen) atoms. The van der Waals surface area contributed by atoms with Crippen molar-refractivity contribution in [2.75, 3.05) is 11.9 Å². The molecule has 0 aliphatic carbocycles. The first-order chi connectivity index (χ1) is 14.0. The molecule has 0 saturated heterocycles. The monoisotopic (exact) mass is 460 g/mol. The molecule has 2 amide bonds. The number of ether oxygens (including phenoxy) is 1. The molecule has 3 aromatic rings. The van der Waals surface area contributed by atoms with Gasteiger partial charge in [0, 0.05) is 23.1 Å². The van der Waals surface area contributed by atoms with E-state index in [0.29, 0.717) is 17.2 Å². The Morgan fingerprint density at radius 1 is 1.00 bits per heavy atom. The van der Waals surface area contributed by atoms with E-state index in [9.17, 15) is 14.0 Å². The van der Waals surface area contributed by atoms with Crippen molar-refractivity contribution in [2.45, 2.75) is 13.0 Å². The molecule has 2 aromatic carbocycles. The third-order valence-corrected chi connectivity index (χ3v) is 4.37. The summed E-state index contributed by atoms with van der Waals surface area (Å²) in [6.07, 6.45) is 0.128. The van der Waals surface area contributed by atoms with Gasteiger partial charge in [0.05, 0.1) is 0 Å². The van der Waals surface area contributed by atoms with Crippen LogP contribution in [0.4, 0.5) is 10.1 Å². The number of carbonyl (C=O) groups is 2. The smallest absolute Gasteiger partial charge is 0.287 e. The van der Waals surface area contributed by atoms with E-state index in [1.165, 1.54) is 30.3 Å². The fourth-order valence-corrected chi connectivity index (χ4v) is 2.66. The Labute approximate surface area is 175 Å². The summed E-state index contributed by atoms with van der Waals surface area (Å²) in [5.41, 5.74) is 0.682. The summed E-state index contributed by atoms with van der Waals surface area (Å²) in [6.45, 7) is 0.276. The lowest BCUT2D eigenvalue weighted by Crippen LogP contribution is -2.27. The highest BCUT2D eigenvalue weighted by molar-refractivity contribution is 9.10. The van der Waals surface area contributed by atoms with Gasteiger partial charge in [-0.05, 0) is 60.7 Å². The van der Waals surface area contributed by atoms with Gasteiger partial charge in [-0.1, -0.05) is 15.9 Å². The summed E-state index contributed by atoms with van der Waals surface area (Å²) < 4.78 is 24.7. The van der Waals surface area contributed by atoms with Crippen LogP contribution in [0.5, 0.6) is 5.75 Å². The Kier molecular flexibility index (Phi) is 7.02. The number of amides is 2. The van der Waals surface area contributed by atoms with E-state index in [4.69, 9.17) is 9.15 Å². The summed E-state index contributed by atoms with van der Waals surface area (Å²) >= 11 is 3.33. The molecule has 3 rings (SSSR count). The van der Waals surface area contributed by atoms with Gasteiger partial charge in [-0.15, -0.1) is 0 Å². The first kappa shape index (κ1) is 20.6. The van der Waals surface area contributed by atoms with Crippen LogP contribution in [0.1, 0.15) is 22.7 Å². The highest BCUT2D eigenvalue weighted by atomic mass is 79.9. The molecular weight excluding hydrogens is 443 g/mol. The Balaban J connectivity index is 1.40. The van der Waals surface area contributed by atoms with Crippen molar-refractivity contribution in [1.29, 1.82) is 0 Å². The zero-order chi connectivity index (χ0) is 20.6. The SMILES string of the molecule is O=C(CCNC(=O)c1ccc(COc2ccc(F)cc2)o1)Nc1ccc(Br)cc1. The van der Waals surface area contributed by atoms with Crippen LogP contribution < -0.4 is 15.4 Å². The second-order valence-corrected chi connectivity index (χ2v) is 6.99. The molecule has 2 N–H and O–H groups in total. The molecule has 0 saturated carbocycles. The Morgan fingerprint density at radius 2 is 1.72 bits per heavy atom. The van der Waals surface area contributed by atoms with Crippen LogP contribution in [0, 0.1) is 5.82 Å². The Morgan fingerprint density at radius 3 is 2.45 bits per heavy atom. The lowest BCUT2D eigenvalue weighted by molar-refractivity contribution is -0.116. The number of nitrogens with one attached hydrogen (secondary N) is 2. The first-order valence-electron chi connectivity index (χ1n) is 8.80. The van der Waals surface area contributed by atoms with Crippen LogP contribution in [0.25, 0.3) is 0 Å². The molecule has 150 valence electrons. The zero-order valence-corrected chi connectivity index (χ0v) is 16.9. The van der Waals surface area contributed by atoms with Crippen molar-refractivity contribution >= 4 is 33.4 Å². The van der Waals surface area contributed by atoms with Gasteiger partial charge in [0.1, 0.15) is 23.9 Å². The molecule has 0 spiro atoms. The minimum absolute atomic E-state index is 0.106. The van der Waals surface area contributed by atoms with Crippen molar-refractivity contribution in [3.05, 3.63) is 82.5 Å². The van der Waals surface area contributed by atoms with Gasteiger partial charge < -0.3 is 19.8 Å². The van der Waals surface area contributed by atoms with E-state index in [1.54, 1.807) is 18.2 Å². The minimum atomic E-state index is -0.422. The molecule has 6 nitrogen and oxygen atoms in total. The molecule has 1 heterocycles. The van der Waals surface area contributed by atoms with Crippen LogP contribution in [-0.2, 0) is 11.4 Å². The van der Waals surface area contributed by atoms with E-state index in [-0.39, 0.29) is 37.1 Å². The fraction of sp³-hybridized carbons (Fsp3) is 0.143. The van der Waals surface area contributed by atoms with Crippen LogP contribution >= 0.6 is 15.9 Å². The topological polar surface area (TPSA) is 80.6 Å². The van der Waals surface area contributed by atoms with Crippen molar-refractivity contribution < 1.29 is 23.1 Å². The third kappa shape index (κ3) is 6.46. The van der Waals surface area contributed by atoms with Crippen molar-refractivity contribution in [2.24, 2.45) is 0 Å². The highest BCUT2D eigenvalue weighted by Gasteiger charge is 2.12. The molecule has 0 radical (unpaired) electrons. The summed E-state index contributed by atoms with van der Waals surface area (Å²) in [6, 6.07) is 16.0. The fourth-order valence-electron chi connectivity index (χ4n) is 2.40. The molecule has 1 aromatic heterocycles. The molecule has 0 bridgehead atoms. The molecule has 8 heteroatoms. The quantitative estimate of drug-likeness (QED) is 0.517. The van der Waals surface area contributed by atoms with E-state index in [0.717, 1.165) is 4.47 Å². The maximum absolute atomic E-state index is 12.9. The Hall–Kier alpha value is -3.13. The van der Waals surface area contributed by atoms with Gasteiger partial charge in [-0.2, -0.15) is 0 Å². The van der Waals surface area contributed by atoms with Crippen LogP contribution in [-0.4, -0.2) is 18.4 Å². The number of halogens is 2. The van der Waals surface area contributed by atoms with E-state index >= 15 is 0 Å². The van der Waals surface area contributed by atoms with Gasteiger partial charge in [0.25, 0.3) is 5.91 Å². The minimum Gasteiger partial charge on any atom is -0.486 e. The predicted octanol–water partition coefficient (Wildman–Crippen LogP) is 4.52. The first-order valence-corrected chi connectivity index (χ1v) is 9.59. The third-order valence-electron chi connectivity index (χ3n) is 3.85. The van der Waals surface area contributed by atoms with Crippen LogP contribution in [0.15, 0.2) is 69.6 Å². The molecule has 0 atom stereocenters. The largest absolute Gasteiger partial charge is 0.486 e. The number of carbonyl (C=O) groups excluding carboxylic acids is 2. The molecule has 0 aliphatic rings. The van der Waals surface area contributed by atoms with Crippen molar-refractivity contribution in [3.63, 3.8) is 0 Å². The van der Waals surface area contributed by atoms with Gasteiger partial charge >= 0.3 is 0 Å². The van der Waals surface area contributed by atoms with Crippen LogP contribution in [0.3, 0.4) is 0 Å². The van der Waals surface area contributed by atoms with Gasteiger partial charge in [-0.3, -0.25) is 9.59 Å². The lowest BCUT2D eigenvalue weighted by Gasteiger charge is -2.06. The number of rotatable bonds is 8. The number of furan rings is 1. The second-order valence-electron chi connectivity index (χ2n) is 6.07. The lowest BCUT2D eigenvalue weighted by atomic mass is 10.3. The van der Waals surface area contributed by atoms with E-state index < -0.39 is 5.91 Å². The van der Waals surface area contributed by atoms with Gasteiger partial charge in [0.2, 0.25) is 5.91 Å². The maximum Gasteiger partial charge on any atom is 0.287 e. The summed E-state index contributed by atoms with van der Waals surface area (Å²) in [4.78, 5) is 24.0. The molecular formula is C21H18BrFN2O4. The molecule has 0 fully saturated rings. The highest BCUT2D eigenvalue weighted by Crippen LogP contribution is 2.16. The van der Waals surface area contributed by atoms with E-state index in [2.05, 4.69) is 26.6 Å². The van der Waals surface area contributed by atoms with E-state index in [1.807, 2.05) is 12.1 Å². The van der Waals surface area contributed by atoms with Crippen molar-refractivity contribution in [3.8, 4) is 5.75 Å². The standard InChI is InChI=1S/C21H18BrFN2O4/c22-14-1-5-16(6-2-14)25-20(26)11-12-24-21(27)19-10-9-18(29-19)13-28-17-7-3-15(23)4-8-17/h1-10H,11-13H2,(H,24,27)(H,25,26). The van der Waals surface area contributed by atoms with Gasteiger partial charge in [0.15, 0.2) is 5.76 Å². The predicted molar refractivity (Wildman–Crippen MR) is 109 cm³/mol. The normalized spacial score (nSPS) is 10.4. The maximum atomic E-state index is 12.9. The molecule has 0 aliphatic heterocycles. The Bertz CT molecular complexity index is 971. The summed E-state index contributed by atoms with van der Waals surface area (Å²) in [7, 11) is 0. The number of hydrogen-bond donors (Lipinski definition) is 2. The van der Waals surface area contributed by atoms with Crippen molar-refractivity contribution in [1.82, 2.24) is 5.32 Å². The second kappa shape index (κ2) is 9.88. The average molecular weight is 461 g/mol. The summed E-state index contributed by atoms with van der Waals surface area (Å²) in [5, 5.41) is 5.38. The summed E-state index contributed by atoms with van der Waals surface area (Å²) in [5.74, 6) is 0.0869. The van der Waals surface area contributed by atoms with Crippen LogP contribution in [0.2, 0.25) is 0 Å². The van der Waals surface area contributed by atoms with Gasteiger partial charge in [-0.25, -0.2) is 4.39 Å². The zero-order valence-electron chi connectivity index (χ0n) is 15.3. The average Bonchev–Trinajstić information content (AvgIpc) is 3.18. The number of hydrogen-bond acceptors (Lipinski definition) is 4. The number of benzene rings is 2. The number of anilines is 1. The molecule has 0 unspecified atom stereocenters.